The number of carboxylic acid groups (broad SMARTS) is 1. The van der Waals surface area contributed by atoms with E-state index in [9.17, 15) is 9.59 Å². The summed E-state index contributed by atoms with van der Waals surface area (Å²) in [6.45, 7) is 3.19. The molecular formula is C12H22N2O3. The standard InChI is InChI=1S/C12H22N2O3/c1-9(4-2-6-13)12(17)14-7-3-5-10(14)8-11(15)16/h9-10H,2-8,13H2,1H3,(H,15,16). The Morgan fingerprint density at radius 2 is 2.24 bits per heavy atom. The fourth-order valence-electron chi connectivity index (χ4n) is 2.37. The highest BCUT2D eigenvalue weighted by Gasteiger charge is 2.32. The Kier molecular flexibility index (Phi) is 5.41. The van der Waals surface area contributed by atoms with Crippen molar-refractivity contribution in [2.45, 2.75) is 45.1 Å². The van der Waals surface area contributed by atoms with Crippen LogP contribution in [-0.4, -0.2) is 41.0 Å². The first-order valence-electron chi connectivity index (χ1n) is 6.28. The Morgan fingerprint density at radius 3 is 2.82 bits per heavy atom. The van der Waals surface area contributed by atoms with Crippen molar-refractivity contribution in [1.29, 1.82) is 0 Å². The van der Waals surface area contributed by atoms with Gasteiger partial charge in [-0.15, -0.1) is 0 Å². The molecule has 5 nitrogen and oxygen atoms in total. The van der Waals surface area contributed by atoms with Gasteiger partial charge in [0.1, 0.15) is 0 Å². The van der Waals surface area contributed by atoms with E-state index in [-0.39, 0.29) is 24.3 Å². The summed E-state index contributed by atoms with van der Waals surface area (Å²) >= 11 is 0. The molecule has 98 valence electrons. The molecule has 0 bridgehead atoms. The van der Waals surface area contributed by atoms with Crippen LogP contribution in [0.1, 0.15) is 39.0 Å². The number of hydrogen-bond acceptors (Lipinski definition) is 3. The van der Waals surface area contributed by atoms with Gasteiger partial charge < -0.3 is 15.7 Å². The van der Waals surface area contributed by atoms with Gasteiger partial charge in [-0.2, -0.15) is 0 Å². The SMILES string of the molecule is CC(CCCN)C(=O)N1CCCC1CC(=O)O. The van der Waals surface area contributed by atoms with Gasteiger partial charge in [0.25, 0.3) is 0 Å². The molecule has 0 aliphatic carbocycles. The second-order valence-corrected chi connectivity index (χ2v) is 4.76. The van der Waals surface area contributed by atoms with E-state index < -0.39 is 5.97 Å². The molecule has 1 aliphatic heterocycles. The molecule has 1 aliphatic rings. The molecule has 0 spiro atoms. The number of rotatable bonds is 6. The van der Waals surface area contributed by atoms with Crippen LogP contribution in [0.4, 0.5) is 0 Å². The normalized spacial score (nSPS) is 21.5. The van der Waals surface area contributed by atoms with Crippen molar-refractivity contribution in [1.82, 2.24) is 4.90 Å². The lowest BCUT2D eigenvalue weighted by Gasteiger charge is -2.26. The molecule has 0 aromatic carbocycles. The first kappa shape index (κ1) is 14.0. The van der Waals surface area contributed by atoms with Gasteiger partial charge in [-0.1, -0.05) is 6.92 Å². The molecule has 0 radical (unpaired) electrons. The number of aliphatic carboxylic acids is 1. The summed E-state index contributed by atoms with van der Waals surface area (Å²) < 4.78 is 0. The van der Waals surface area contributed by atoms with Crippen LogP contribution in [0.2, 0.25) is 0 Å². The zero-order chi connectivity index (χ0) is 12.8. The van der Waals surface area contributed by atoms with Gasteiger partial charge in [-0.05, 0) is 32.2 Å². The van der Waals surface area contributed by atoms with Gasteiger partial charge in [0.2, 0.25) is 5.91 Å². The van der Waals surface area contributed by atoms with E-state index in [4.69, 9.17) is 10.8 Å². The maximum Gasteiger partial charge on any atom is 0.305 e. The molecule has 2 unspecified atom stereocenters. The van der Waals surface area contributed by atoms with E-state index in [1.54, 1.807) is 4.90 Å². The average Bonchev–Trinajstić information content (AvgIpc) is 2.71. The number of carboxylic acids is 1. The molecular weight excluding hydrogens is 220 g/mol. The summed E-state index contributed by atoms with van der Waals surface area (Å²) in [6, 6.07) is -0.111. The van der Waals surface area contributed by atoms with Gasteiger partial charge >= 0.3 is 5.97 Å². The molecule has 1 amide bonds. The number of carbonyl (C=O) groups excluding carboxylic acids is 1. The molecule has 0 aromatic rings. The van der Waals surface area contributed by atoms with Crippen molar-refractivity contribution >= 4 is 11.9 Å². The average molecular weight is 242 g/mol. The minimum Gasteiger partial charge on any atom is -0.481 e. The number of amides is 1. The summed E-state index contributed by atoms with van der Waals surface area (Å²) in [7, 11) is 0. The quantitative estimate of drug-likeness (QED) is 0.722. The summed E-state index contributed by atoms with van der Waals surface area (Å²) in [6.07, 6.45) is 3.40. The van der Waals surface area contributed by atoms with Crippen LogP contribution in [0.15, 0.2) is 0 Å². The van der Waals surface area contributed by atoms with E-state index in [1.807, 2.05) is 6.92 Å². The maximum absolute atomic E-state index is 12.1. The van der Waals surface area contributed by atoms with Crippen molar-refractivity contribution < 1.29 is 14.7 Å². The van der Waals surface area contributed by atoms with Gasteiger partial charge in [-0.25, -0.2) is 0 Å². The van der Waals surface area contributed by atoms with Gasteiger partial charge in [-0.3, -0.25) is 9.59 Å². The van der Waals surface area contributed by atoms with Gasteiger partial charge in [0.15, 0.2) is 0 Å². The van der Waals surface area contributed by atoms with Crippen molar-refractivity contribution in [2.24, 2.45) is 11.7 Å². The predicted molar refractivity (Wildman–Crippen MR) is 64.4 cm³/mol. The summed E-state index contributed by atoms with van der Waals surface area (Å²) in [5, 5.41) is 8.80. The third kappa shape index (κ3) is 4.00. The molecule has 2 atom stereocenters. The summed E-state index contributed by atoms with van der Waals surface area (Å²) in [4.78, 5) is 24.6. The minimum absolute atomic E-state index is 0.0482. The van der Waals surface area contributed by atoms with Crippen LogP contribution in [0.5, 0.6) is 0 Å². The topological polar surface area (TPSA) is 83.6 Å². The largest absolute Gasteiger partial charge is 0.481 e. The van der Waals surface area contributed by atoms with Crippen molar-refractivity contribution in [3.63, 3.8) is 0 Å². The van der Waals surface area contributed by atoms with Crippen LogP contribution < -0.4 is 5.73 Å². The van der Waals surface area contributed by atoms with E-state index in [0.29, 0.717) is 13.1 Å². The third-order valence-electron chi connectivity index (χ3n) is 3.33. The van der Waals surface area contributed by atoms with Crippen molar-refractivity contribution in [3.8, 4) is 0 Å². The monoisotopic (exact) mass is 242 g/mol. The molecule has 1 rings (SSSR count). The van der Waals surface area contributed by atoms with Crippen LogP contribution in [0.3, 0.4) is 0 Å². The molecule has 1 fully saturated rings. The third-order valence-corrected chi connectivity index (χ3v) is 3.33. The molecule has 1 heterocycles. The Morgan fingerprint density at radius 1 is 1.53 bits per heavy atom. The molecule has 3 N–H and O–H groups in total. The zero-order valence-electron chi connectivity index (χ0n) is 10.4. The number of hydrogen-bond donors (Lipinski definition) is 2. The van der Waals surface area contributed by atoms with E-state index >= 15 is 0 Å². The van der Waals surface area contributed by atoms with Crippen LogP contribution >= 0.6 is 0 Å². The molecule has 5 heteroatoms. The fraction of sp³-hybridized carbons (Fsp3) is 0.833. The van der Waals surface area contributed by atoms with Gasteiger partial charge in [0, 0.05) is 18.5 Å². The van der Waals surface area contributed by atoms with Crippen LogP contribution in [0, 0.1) is 5.92 Å². The Labute approximate surface area is 102 Å². The number of carbonyl (C=O) groups is 2. The highest BCUT2D eigenvalue weighted by molar-refractivity contribution is 5.80. The Balaban J connectivity index is 2.51. The highest BCUT2D eigenvalue weighted by Crippen LogP contribution is 2.23. The second kappa shape index (κ2) is 6.59. The molecule has 17 heavy (non-hydrogen) atoms. The first-order chi connectivity index (χ1) is 8.06. The predicted octanol–water partition coefficient (Wildman–Crippen LogP) is 0.827. The minimum atomic E-state index is -0.829. The van der Waals surface area contributed by atoms with Crippen LogP contribution in [0.25, 0.3) is 0 Å². The van der Waals surface area contributed by atoms with Gasteiger partial charge in [0.05, 0.1) is 6.42 Å². The van der Waals surface area contributed by atoms with E-state index in [1.165, 1.54) is 0 Å². The lowest BCUT2D eigenvalue weighted by molar-refractivity contribution is -0.141. The smallest absolute Gasteiger partial charge is 0.305 e. The van der Waals surface area contributed by atoms with E-state index in [2.05, 4.69) is 0 Å². The summed E-state index contributed by atoms with van der Waals surface area (Å²) in [5.41, 5.74) is 5.42. The lowest BCUT2D eigenvalue weighted by Crippen LogP contribution is -2.40. The molecule has 1 saturated heterocycles. The van der Waals surface area contributed by atoms with E-state index in [0.717, 1.165) is 25.7 Å². The molecule has 0 saturated carbocycles. The first-order valence-corrected chi connectivity index (χ1v) is 6.28. The number of nitrogens with zero attached hydrogens (tertiary/aromatic N) is 1. The highest BCUT2D eigenvalue weighted by atomic mass is 16.4. The zero-order valence-corrected chi connectivity index (χ0v) is 10.4. The summed E-state index contributed by atoms with van der Waals surface area (Å²) in [5.74, 6) is -0.792. The number of nitrogens with two attached hydrogens (primary N) is 1. The van der Waals surface area contributed by atoms with Crippen molar-refractivity contribution in [3.05, 3.63) is 0 Å². The lowest BCUT2D eigenvalue weighted by atomic mass is 10.0. The molecule has 0 aromatic heterocycles. The second-order valence-electron chi connectivity index (χ2n) is 4.76. The Bertz CT molecular complexity index is 281. The van der Waals surface area contributed by atoms with Crippen LogP contribution in [-0.2, 0) is 9.59 Å². The Hall–Kier alpha value is -1.10. The van der Waals surface area contributed by atoms with Crippen molar-refractivity contribution in [2.75, 3.05) is 13.1 Å². The fourth-order valence-corrected chi connectivity index (χ4v) is 2.37. The number of likely N-dealkylation sites (tertiary alicyclic amines) is 1. The maximum atomic E-state index is 12.1.